The smallest absolute Gasteiger partial charge is 0.134 e. The van der Waals surface area contributed by atoms with Gasteiger partial charge in [-0.1, -0.05) is 0 Å². The number of hydrogen-bond donors (Lipinski definition) is 3. The molecule has 1 atom stereocenters. The van der Waals surface area contributed by atoms with E-state index in [0.29, 0.717) is 6.07 Å². The zero-order valence-corrected chi connectivity index (χ0v) is 8.60. The number of halogens is 3. The lowest BCUT2D eigenvalue weighted by Crippen LogP contribution is -2.14. The first-order valence-corrected chi connectivity index (χ1v) is 4.10. The SMILES string of the molecule is Cl.N[C@H](CCO)c1c(O)cc(F)cc1F. The normalized spacial score (nSPS) is 12.0. The van der Waals surface area contributed by atoms with Crippen LogP contribution in [0, 0.1) is 11.6 Å². The number of rotatable bonds is 3. The molecule has 0 aromatic heterocycles. The number of phenolic OH excluding ortho intramolecular Hbond substituents is 1. The van der Waals surface area contributed by atoms with Gasteiger partial charge in [0.2, 0.25) is 0 Å². The number of aliphatic hydroxyl groups excluding tert-OH is 1. The zero-order valence-electron chi connectivity index (χ0n) is 7.78. The molecule has 0 heterocycles. The van der Waals surface area contributed by atoms with Gasteiger partial charge in [0, 0.05) is 30.3 Å². The summed E-state index contributed by atoms with van der Waals surface area (Å²) in [6.45, 7) is -0.225. The molecule has 6 heteroatoms. The van der Waals surface area contributed by atoms with Crippen LogP contribution in [-0.4, -0.2) is 16.8 Å². The van der Waals surface area contributed by atoms with Crippen molar-refractivity contribution in [2.24, 2.45) is 5.73 Å². The summed E-state index contributed by atoms with van der Waals surface area (Å²) in [4.78, 5) is 0. The predicted octanol–water partition coefficient (Wildman–Crippen LogP) is 1.47. The molecule has 0 aliphatic heterocycles. The second-order valence-corrected chi connectivity index (χ2v) is 2.94. The molecule has 0 spiro atoms. The van der Waals surface area contributed by atoms with E-state index in [9.17, 15) is 13.9 Å². The lowest BCUT2D eigenvalue weighted by molar-refractivity contribution is 0.274. The first kappa shape index (κ1) is 14.1. The van der Waals surface area contributed by atoms with E-state index >= 15 is 0 Å². The molecule has 0 amide bonds. The standard InChI is InChI=1S/C9H11F2NO2.ClH/c10-5-3-6(11)9(8(14)4-5)7(12)1-2-13;/h3-4,7,13-14H,1-2,12H2;1H/t7-;/m1./s1. The molecule has 1 rings (SSSR count). The van der Waals surface area contributed by atoms with Gasteiger partial charge in [-0.25, -0.2) is 8.78 Å². The summed E-state index contributed by atoms with van der Waals surface area (Å²) in [6.07, 6.45) is 0.107. The van der Waals surface area contributed by atoms with Crippen LogP contribution in [-0.2, 0) is 0 Å². The maximum Gasteiger partial charge on any atom is 0.134 e. The van der Waals surface area contributed by atoms with Crippen molar-refractivity contribution in [2.75, 3.05) is 6.61 Å². The maximum absolute atomic E-state index is 13.1. The van der Waals surface area contributed by atoms with Crippen molar-refractivity contribution in [3.8, 4) is 5.75 Å². The van der Waals surface area contributed by atoms with Gasteiger partial charge in [0.15, 0.2) is 0 Å². The first-order valence-electron chi connectivity index (χ1n) is 4.10. The van der Waals surface area contributed by atoms with E-state index < -0.39 is 23.4 Å². The maximum atomic E-state index is 13.1. The van der Waals surface area contributed by atoms with Crippen LogP contribution in [0.5, 0.6) is 5.75 Å². The molecule has 0 saturated carbocycles. The van der Waals surface area contributed by atoms with Crippen LogP contribution in [0.15, 0.2) is 12.1 Å². The summed E-state index contributed by atoms with van der Waals surface area (Å²) in [6, 6.07) is 0.600. The fraction of sp³-hybridized carbons (Fsp3) is 0.333. The molecule has 0 saturated heterocycles. The molecule has 1 aromatic carbocycles. The Morgan fingerprint density at radius 2 is 1.93 bits per heavy atom. The summed E-state index contributed by atoms with van der Waals surface area (Å²) in [5.74, 6) is -2.29. The number of nitrogens with two attached hydrogens (primary N) is 1. The Hall–Kier alpha value is -0.910. The zero-order chi connectivity index (χ0) is 10.7. The van der Waals surface area contributed by atoms with E-state index in [0.717, 1.165) is 6.07 Å². The Morgan fingerprint density at radius 3 is 2.40 bits per heavy atom. The Balaban J connectivity index is 0.00000196. The molecule has 3 nitrogen and oxygen atoms in total. The van der Waals surface area contributed by atoms with Gasteiger partial charge in [0.1, 0.15) is 17.4 Å². The second-order valence-electron chi connectivity index (χ2n) is 2.94. The average Bonchev–Trinajstić information content (AvgIpc) is 2.01. The van der Waals surface area contributed by atoms with E-state index in [-0.39, 0.29) is 31.0 Å². The van der Waals surface area contributed by atoms with Crippen molar-refractivity contribution in [3.05, 3.63) is 29.3 Å². The van der Waals surface area contributed by atoms with Crippen LogP contribution in [0.2, 0.25) is 0 Å². The highest BCUT2D eigenvalue weighted by Gasteiger charge is 2.17. The quantitative estimate of drug-likeness (QED) is 0.748. The minimum atomic E-state index is -0.900. The Morgan fingerprint density at radius 1 is 1.33 bits per heavy atom. The molecule has 86 valence electrons. The molecule has 0 bridgehead atoms. The molecule has 1 aromatic rings. The van der Waals surface area contributed by atoms with E-state index in [2.05, 4.69) is 0 Å². The predicted molar refractivity (Wildman–Crippen MR) is 53.9 cm³/mol. The Labute approximate surface area is 91.9 Å². The first-order chi connectivity index (χ1) is 6.56. The molecule has 15 heavy (non-hydrogen) atoms. The van der Waals surface area contributed by atoms with Gasteiger partial charge in [0.25, 0.3) is 0 Å². The van der Waals surface area contributed by atoms with Crippen molar-refractivity contribution in [1.29, 1.82) is 0 Å². The van der Waals surface area contributed by atoms with Crippen molar-refractivity contribution in [1.82, 2.24) is 0 Å². The Bertz CT molecular complexity index is 313. The van der Waals surface area contributed by atoms with Crippen LogP contribution in [0.25, 0.3) is 0 Å². The van der Waals surface area contributed by atoms with Gasteiger partial charge in [0.05, 0.1) is 0 Å². The monoisotopic (exact) mass is 239 g/mol. The third-order valence-electron chi connectivity index (χ3n) is 1.88. The minimum absolute atomic E-state index is 0. The van der Waals surface area contributed by atoms with Crippen molar-refractivity contribution in [3.63, 3.8) is 0 Å². The molecule has 0 aliphatic rings. The highest BCUT2D eigenvalue weighted by atomic mass is 35.5. The van der Waals surface area contributed by atoms with Crippen LogP contribution >= 0.6 is 12.4 Å². The van der Waals surface area contributed by atoms with E-state index in [4.69, 9.17) is 10.8 Å². The molecule has 0 fully saturated rings. The van der Waals surface area contributed by atoms with Gasteiger partial charge < -0.3 is 15.9 Å². The van der Waals surface area contributed by atoms with Gasteiger partial charge >= 0.3 is 0 Å². The van der Waals surface area contributed by atoms with E-state index in [1.807, 2.05) is 0 Å². The second kappa shape index (κ2) is 5.85. The van der Waals surface area contributed by atoms with Crippen LogP contribution < -0.4 is 5.73 Å². The van der Waals surface area contributed by atoms with Crippen molar-refractivity contribution >= 4 is 12.4 Å². The van der Waals surface area contributed by atoms with E-state index in [1.165, 1.54) is 0 Å². The number of hydrogen-bond acceptors (Lipinski definition) is 3. The summed E-state index contributed by atoms with van der Waals surface area (Å²) in [5, 5.41) is 17.8. The Kier molecular flexibility index (Phi) is 5.49. The summed E-state index contributed by atoms with van der Waals surface area (Å²) < 4.78 is 25.7. The molecule has 0 radical (unpaired) electrons. The summed E-state index contributed by atoms with van der Waals surface area (Å²) in [7, 11) is 0. The fourth-order valence-electron chi connectivity index (χ4n) is 1.22. The van der Waals surface area contributed by atoms with Gasteiger partial charge in [-0.15, -0.1) is 12.4 Å². The average molecular weight is 240 g/mol. The lowest BCUT2D eigenvalue weighted by Gasteiger charge is -2.13. The number of phenols is 1. The lowest BCUT2D eigenvalue weighted by atomic mass is 10.0. The van der Waals surface area contributed by atoms with Gasteiger partial charge in [-0.2, -0.15) is 0 Å². The minimum Gasteiger partial charge on any atom is -0.507 e. The topological polar surface area (TPSA) is 66.5 Å². The number of aliphatic hydroxyl groups is 1. The molecular weight excluding hydrogens is 228 g/mol. The molecular formula is C9H12ClF2NO2. The fourth-order valence-corrected chi connectivity index (χ4v) is 1.22. The highest BCUT2D eigenvalue weighted by Crippen LogP contribution is 2.28. The van der Waals surface area contributed by atoms with Gasteiger partial charge in [-0.3, -0.25) is 0 Å². The van der Waals surface area contributed by atoms with Crippen molar-refractivity contribution in [2.45, 2.75) is 12.5 Å². The molecule has 4 N–H and O–H groups in total. The summed E-state index contributed by atoms with van der Waals surface area (Å²) in [5.41, 5.74) is 5.31. The largest absolute Gasteiger partial charge is 0.507 e. The van der Waals surface area contributed by atoms with Crippen LogP contribution in [0.1, 0.15) is 18.0 Å². The van der Waals surface area contributed by atoms with Crippen molar-refractivity contribution < 1.29 is 19.0 Å². The van der Waals surface area contributed by atoms with Gasteiger partial charge in [-0.05, 0) is 6.42 Å². The third kappa shape index (κ3) is 3.30. The number of benzene rings is 1. The number of aromatic hydroxyl groups is 1. The van der Waals surface area contributed by atoms with E-state index in [1.54, 1.807) is 0 Å². The van der Waals surface area contributed by atoms with Crippen LogP contribution in [0.4, 0.5) is 8.78 Å². The van der Waals surface area contributed by atoms with Crippen LogP contribution in [0.3, 0.4) is 0 Å². The highest BCUT2D eigenvalue weighted by molar-refractivity contribution is 5.85. The molecule has 0 unspecified atom stereocenters. The summed E-state index contributed by atoms with van der Waals surface area (Å²) >= 11 is 0. The molecule has 0 aliphatic carbocycles. The third-order valence-corrected chi connectivity index (χ3v) is 1.88.